The van der Waals surface area contributed by atoms with Crippen molar-refractivity contribution in [3.8, 4) is 5.75 Å². The number of hydrogen-bond donors (Lipinski definition) is 2. The van der Waals surface area contributed by atoms with Crippen LogP contribution in [0.1, 0.15) is 55.1 Å². The maximum absolute atomic E-state index is 14.9. The number of ether oxygens (including phenoxy) is 1. The lowest BCUT2D eigenvalue weighted by Crippen LogP contribution is -2.60. The fourth-order valence-corrected chi connectivity index (χ4v) is 4.72. The molecular weight excluding hydrogens is 569 g/mol. The number of nitrogens with zero attached hydrogens (tertiary/aromatic N) is 1. The highest BCUT2D eigenvalue weighted by Gasteiger charge is 2.46. The summed E-state index contributed by atoms with van der Waals surface area (Å²) in [6, 6.07) is 4.81. The van der Waals surface area contributed by atoms with Crippen molar-refractivity contribution in [1.29, 1.82) is 0 Å². The Kier molecular flexibility index (Phi) is 8.36. The van der Waals surface area contributed by atoms with E-state index in [0.29, 0.717) is 6.07 Å². The van der Waals surface area contributed by atoms with Gasteiger partial charge in [0, 0.05) is 11.6 Å². The number of carbonyl (C=O) groups excluding carboxylic acids is 2. The minimum atomic E-state index is -5.15. The first-order chi connectivity index (χ1) is 18.6. The fourth-order valence-electron chi connectivity index (χ4n) is 3.64. The largest absolute Gasteiger partial charge is 0.461 e. The first kappa shape index (κ1) is 32.0. The molecular formula is C27H32F5N3O5Si. The molecule has 0 radical (unpaired) electrons. The summed E-state index contributed by atoms with van der Waals surface area (Å²) in [6.45, 7) is 12.6. The van der Waals surface area contributed by atoms with Crippen molar-refractivity contribution in [1.82, 2.24) is 10.3 Å². The molecule has 0 saturated carbocycles. The Morgan fingerprint density at radius 1 is 1.07 bits per heavy atom. The van der Waals surface area contributed by atoms with E-state index in [0.717, 1.165) is 24.4 Å². The highest BCUT2D eigenvalue weighted by atomic mass is 28.4. The van der Waals surface area contributed by atoms with Crippen LogP contribution in [0.5, 0.6) is 5.75 Å². The quantitative estimate of drug-likeness (QED) is 0.220. The Labute approximate surface area is 234 Å². The second kappa shape index (κ2) is 10.7. The van der Waals surface area contributed by atoms with Crippen LogP contribution in [0.4, 0.5) is 22.0 Å². The number of aryl methyl sites for hydroxylation is 1. The predicted octanol–water partition coefficient (Wildman–Crippen LogP) is 6.28. The van der Waals surface area contributed by atoms with E-state index in [1.54, 1.807) is 0 Å². The van der Waals surface area contributed by atoms with E-state index < -0.39 is 55.0 Å². The van der Waals surface area contributed by atoms with Crippen LogP contribution in [0.15, 0.2) is 40.9 Å². The maximum Gasteiger partial charge on any atom is 0.433 e. The third-order valence-electron chi connectivity index (χ3n) is 7.16. The monoisotopic (exact) mass is 601 g/mol. The second-order valence-corrected chi connectivity index (χ2v) is 16.2. The lowest BCUT2D eigenvalue weighted by molar-refractivity contribution is -0.196. The number of rotatable bonds is 9. The molecule has 0 aliphatic heterocycles. The first-order valence-corrected chi connectivity index (χ1v) is 15.4. The molecule has 2 aromatic heterocycles. The average molecular weight is 602 g/mol. The Hall–Kier alpha value is -3.52. The van der Waals surface area contributed by atoms with Gasteiger partial charge in [-0.1, -0.05) is 20.8 Å². The van der Waals surface area contributed by atoms with E-state index in [4.69, 9.17) is 14.6 Å². The predicted molar refractivity (Wildman–Crippen MR) is 143 cm³/mol. The molecule has 41 heavy (non-hydrogen) atoms. The summed E-state index contributed by atoms with van der Waals surface area (Å²) in [5, 5.41) is 2.40. The number of fused-ring (bicyclic) bond motifs is 1. The van der Waals surface area contributed by atoms with Crippen molar-refractivity contribution in [2.45, 2.75) is 70.6 Å². The molecule has 0 spiro atoms. The van der Waals surface area contributed by atoms with Crippen LogP contribution in [0.25, 0.3) is 11.0 Å². The molecule has 14 heteroatoms. The second-order valence-electron chi connectivity index (χ2n) is 11.4. The summed E-state index contributed by atoms with van der Waals surface area (Å²) in [5.41, 5.74) is 0.713. The zero-order valence-electron chi connectivity index (χ0n) is 23.6. The molecule has 2 amide bonds. The van der Waals surface area contributed by atoms with Gasteiger partial charge in [-0.05, 0) is 62.3 Å². The summed E-state index contributed by atoms with van der Waals surface area (Å²) in [6.07, 6.45) is -8.84. The molecule has 3 aromatic rings. The van der Waals surface area contributed by atoms with Crippen molar-refractivity contribution in [2.75, 3.05) is 6.61 Å². The molecule has 1 unspecified atom stereocenters. The molecule has 3 N–H and O–H groups in total. The number of pyridine rings is 1. The number of halogens is 5. The summed E-state index contributed by atoms with van der Waals surface area (Å²) < 4.78 is 86.2. The van der Waals surface area contributed by atoms with Crippen LogP contribution in [0, 0.1) is 6.92 Å². The van der Waals surface area contributed by atoms with Crippen molar-refractivity contribution >= 4 is 31.1 Å². The number of nitrogens with one attached hydrogen (secondary N) is 1. The number of nitrogens with two attached hydrogens (primary N) is 1. The number of aromatic nitrogens is 1. The van der Waals surface area contributed by atoms with Gasteiger partial charge in [-0.3, -0.25) is 14.6 Å². The van der Waals surface area contributed by atoms with Crippen molar-refractivity contribution < 1.29 is 45.1 Å². The van der Waals surface area contributed by atoms with Crippen LogP contribution in [-0.2, 0) is 21.5 Å². The molecule has 0 aliphatic rings. The lowest BCUT2D eigenvalue weighted by atomic mass is 10.0. The molecule has 0 aliphatic carbocycles. The minimum Gasteiger partial charge on any atom is -0.461 e. The minimum absolute atomic E-state index is 0.0210. The summed E-state index contributed by atoms with van der Waals surface area (Å²) in [5.74, 6) is -2.13. The maximum atomic E-state index is 14.9. The van der Waals surface area contributed by atoms with Crippen LogP contribution < -0.4 is 15.8 Å². The van der Waals surface area contributed by atoms with E-state index in [9.17, 15) is 31.5 Å². The zero-order valence-corrected chi connectivity index (χ0v) is 24.6. The topological polar surface area (TPSA) is 117 Å². The van der Waals surface area contributed by atoms with Gasteiger partial charge in [0.25, 0.3) is 5.91 Å². The Bertz CT molecular complexity index is 1470. The normalized spacial score (nSPS) is 14.5. The van der Waals surface area contributed by atoms with Crippen molar-refractivity contribution in [3.63, 3.8) is 0 Å². The molecule has 8 nitrogen and oxygen atoms in total. The van der Waals surface area contributed by atoms with Crippen molar-refractivity contribution in [3.05, 3.63) is 59.1 Å². The van der Waals surface area contributed by atoms with Gasteiger partial charge in [-0.25, -0.2) is 0 Å². The van der Waals surface area contributed by atoms with Gasteiger partial charge in [0.2, 0.25) is 5.91 Å². The van der Waals surface area contributed by atoms with E-state index in [1.165, 1.54) is 19.9 Å². The van der Waals surface area contributed by atoms with Crippen LogP contribution >= 0.6 is 0 Å². The Balaban J connectivity index is 1.95. The third-order valence-corrected chi connectivity index (χ3v) is 11.6. The number of benzene rings is 1. The molecule has 2 heterocycles. The van der Waals surface area contributed by atoms with Crippen LogP contribution in [0.3, 0.4) is 0 Å². The first-order valence-electron chi connectivity index (χ1n) is 12.5. The smallest absolute Gasteiger partial charge is 0.433 e. The summed E-state index contributed by atoms with van der Waals surface area (Å²) >= 11 is 0. The van der Waals surface area contributed by atoms with Gasteiger partial charge in [-0.2, -0.15) is 22.0 Å². The van der Waals surface area contributed by atoms with Crippen LogP contribution in [-0.4, -0.2) is 37.3 Å². The third kappa shape index (κ3) is 6.69. The summed E-state index contributed by atoms with van der Waals surface area (Å²) in [7, 11) is -2.35. The Morgan fingerprint density at radius 3 is 2.27 bits per heavy atom. The van der Waals surface area contributed by atoms with E-state index in [1.807, 2.05) is 33.9 Å². The average Bonchev–Trinajstić information content (AvgIpc) is 3.16. The van der Waals surface area contributed by atoms with Gasteiger partial charge in [0.05, 0.1) is 17.7 Å². The lowest BCUT2D eigenvalue weighted by Gasteiger charge is -2.39. The number of primary amides is 1. The summed E-state index contributed by atoms with van der Waals surface area (Å²) in [4.78, 5) is 28.9. The highest BCUT2D eigenvalue weighted by molar-refractivity contribution is 6.74. The van der Waals surface area contributed by atoms with Gasteiger partial charge < -0.3 is 24.6 Å². The van der Waals surface area contributed by atoms with E-state index in [-0.39, 0.29) is 33.9 Å². The molecule has 3 rings (SSSR count). The number of alkyl halides is 5. The molecule has 0 fully saturated rings. The fraction of sp³-hybridized carbons (Fsp3) is 0.444. The molecule has 0 bridgehead atoms. The highest BCUT2D eigenvalue weighted by Crippen LogP contribution is 2.41. The number of furan rings is 1. The van der Waals surface area contributed by atoms with Gasteiger partial charge >= 0.3 is 12.3 Å². The SMILES string of the molecule is Cc1oc2ccc(OC(F)(F)c3cccnc3C(F)(F)F)cc2c1C(=O)NC(C)(CO[Si](C)(C)C(C)(C)C)C(N)=O. The standard InChI is InChI=1S/C27H32F5N3O5Si/c1-15-20(22(36)35-25(5,23(33)37)14-38-41(6,7)24(2,3)4)17-13-16(10-11-19(17)39-15)40-27(31,32)18-9-8-12-34-21(18)26(28,29)30/h8-13H,14H2,1-7H3,(H2,33,37)(H,35,36). The zero-order chi connectivity index (χ0) is 31.2. The number of hydrogen-bond acceptors (Lipinski definition) is 6. The molecule has 0 saturated heterocycles. The van der Waals surface area contributed by atoms with E-state index >= 15 is 0 Å². The van der Waals surface area contributed by atoms with Crippen molar-refractivity contribution in [2.24, 2.45) is 5.73 Å². The van der Waals surface area contributed by atoms with Crippen LogP contribution in [0.2, 0.25) is 18.1 Å². The van der Waals surface area contributed by atoms with E-state index in [2.05, 4.69) is 15.0 Å². The Morgan fingerprint density at radius 2 is 1.71 bits per heavy atom. The van der Waals surface area contributed by atoms with Gasteiger partial charge in [0.15, 0.2) is 14.0 Å². The molecule has 1 aromatic carbocycles. The molecule has 1 atom stereocenters. The van der Waals surface area contributed by atoms with Gasteiger partial charge in [-0.15, -0.1) is 0 Å². The molecule has 224 valence electrons. The number of amides is 2. The van der Waals surface area contributed by atoms with Gasteiger partial charge in [0.1, 0.15) is 22.6 Å². The number of carbonyl (C=O) groups is 2.